The number of nitriles is 1. The summed E-state index contributed by atoms with van der Waals surface area (Å²) in [6.45, 7) is 2.30. The van der Waals surface area contributed by atoms with Crippen molar-refractivity contribution in [3.05, 3.63) is 33.3 Å². The Bertz CT molecular complexity index is 452. The summed E-state index contributed by atoms with van der Waals surface area (Å²) in [7, 11) is 0. The van der Waals surface area contributed by atoms with Crippen LogP contribution in [0.2, 0.25) is 0 Å². The number of rotatable bonds is 3. The topological polar surface area (TPSA) is 76.1 Å². The van der Waals surface area contributed by atoms with Gasteiger partial charge in [-0.15, -0.1) is 0 Å². The minimum absolute atomic E-state index is 0.258. The second-order valence-corrected chi connectivity index (χ2v) is 3.88. The monoisotopic (exact) mass is 282 g/mol. The van der Waals surface area contributed by atoms with Gasteiger partial charge in [0, 0.05) is 11.0 Å². The molecule has 1 aromatic rings. The largest absolute Gasteiger partial charge is 0.462 e. The molecule has 0 aliphatic carbocycles. The molecule has 1 aromatic carbocycles. The van der Waals surface area contributed by atoms with Crippen LogP contribution in [-0.2, 0) is 11.3 Å². The third kappa shape index (κ3) is 2.60. The van der Waals surface area contributed by atoms with E-state index in [1.165, 1.54) is 0 Å². The van der Waals surface area contributed by atoms with E-state index in [-0.39, 0.29) is 17.7 Å². The van der Waals surface area contributed by atoms with Gasteiger partial charge in [-0.2, -0.15) is 5.26 Å². The van der Waals surface area contributed by atoms with Crippen molar-refractivity contribution in [1.82, 2.24) is 0 Å². The van der Waals surface area contributed by atoms with Gasteiger partial charge in [-0.3, -0.25) is 0 Å². The highest BCUT2D eigenvalue weighted by atomic mass is 79.9. The number of halogens is 1. The van der Waals surface area contributed by atoms with E-state index in [4.69, 9.17) is 15.7 Å². The Labute approximate surface area is 102 Å². The molecule has 0 fully saturated rings. The smallest absolute Gasteiger partial charge is 0.339 e. The van der Waals surface area contributed by atoms with E-state index in [0.717, 1.165) is 5.56 Å². The van der Waals surface area contributed by atoms with Crippen LogP contribution in [0.3, 0.4) is 0 Å². The first kappa shape index (κ1) is 12.7. The van der Waals surface area contributed by atoms with Gasteiger partial charge in [-0.25, -0.2) is 4.79 Å². The number of nitrogens with two attached hydrogens (primary N) is 1. The maximum atomic E-state index is 11.6. The molecule has 0 saturated carbocycles. The number of ether oxygens (including phenoxy) is 1. The van der Waals surface area contributed by atoms with Crippen molar-refractivity contribution in [1.29, 1.82) is 5.26 Å². The number of esters is 1. The molecule has 0 radical (unpaired) electrons. The first-order valence-electron chi connectivity index (χ1n) is 4.73. The zero-order valence-electron chi connectivity index (χ0n) is 8.79. The van der Waals surface area contributed by atoms with Gasteiger partial charge in [-0.1, -0.05) is 15.9 Å². The highest BCUT2D eigenvalue weighted by Crippen LogP contribution is 2.22. The maximum absolute atomic E-state index is 11.6. The fourth-order valence-corrected chi connectivity index (χ4v) is 1.75. The number of hydrogen-bond acceptors (Lipinski definition) is 4. The molecule has 5 heteroatoms. The van der Waals surface area contributed by atoms with Crippen molar-refractivity contribution in [2.45, 2.75) is 13.5 Å². The van der Waals surface area contributed by atoms with Crippen LogP contribution < -0.4 is 5.73 Å². The average molecular weight is 283 g/mol. The molecule has 0 spiro atoms. The van der Waals surface area contributed by atoms with Crippen molar-refractivity contribution in [2.75, 3.05) is 6.61 Å². The lowest BCUT2D eigenvalue weighted by Crippen LogP contribution is -2.09. The molecule has 4 nitrogen and oxygen atoms in total. The van der Waals surface area contributed by atoms with E-state index in [0.29, 0.717) is 11.0 Å². The Morgan fingerprint density at radius 1 is 1.62 bits per heavy atom. The number of nitrogens with zero attached hydrogens (tertiary/aromatic N) is 1. The molecule has 1 rings (SSSR count). The van der Waals surface area contributed by atoms with Crippen LogP contribution in [-0.4, -0.2) is 12.6 Å². The van der Waals surface area contributed by atoms with Crippen molar-refractivity contribution >= 4 is 21.9 Å². The molecule has 2 N–H and O–H groups in total. The molecular formula is C11H11BrN2O2. The normalized spacial score (nSPS) is 9.62. The van der Waals surface area contributed by atoms with Crippen LogP contribution in [0.1, 0.15) is 28.4 Å². The lowest BCUT2D eigenvalue weighted by atomic mass is 10.0. The third-order valence-electron chi connectivity index (χ3n) is 2.02. The molecule has 84 valence electrons. The Kier molecular flexibility index (Phi) is 4.47. The van der Waals surface area contributed by atoms with Crippen molar-refractivity contribution in [2.24, 2.45) is 5.73 Å². The molecule has 0 amide bonds. The molecule has 16 heavy (non-hydrogen) atoms. The van der Waals surface area contributed by atoms with Gasteiger partial charge in [0.1, 0.15) is 6.07 Å². The SMILES string of the molecule is CCOC(=O)c1cc(Br)c(CN)cc1C#N. The van der Waals surface area contributed by atoms with Crippen LogP contribution >= 0.6 is 15.9 Å². The van der Waals surface area contributed by atoms with Crippen LogP contribution in [0.15, 0.2) is 16.6 Å². The molecule has 0 aliphatic heterocycles. The van der Waals surface area contributed by atoms with Crippen LogP contribution in [0.5, 0.6) is 0 Å². The lowest BCUT2D eigenvalue weighted by Gasteiger charge is -2.07. The third-order valence-corrected chi connectivity index (χ3v) is 2.76. The van der Waals surface area contributed by atoms with E-state index in [9.17, 15) is 4.79 Å². The second-order valence-electron chi connectivity index (χ2n) is 3.03. The van der Waals surface area contributed by atoms with E-state index >= 15 is 0 Å². The summed E-state index contributed by atoms with van der Waals surface area (Å²) < 4.78 is 5.56. The van der Waals surface area contributed by atoms with E-state index in [2.05, 4.69) is 15.9 Å². The first-order chi connectivity index (χ1) is 7.63. The first-order valence-corrected chi connectivity index (χ1v) is 5.53. The van der Waals surface area contributed by atoms with Gasteiger partial charge in [-0.05, 0) is 24.6 Å². The van der Waals surface area contributed by atoms with Gasteiger partial charge < -0.3 is 10.5 Å². The molecule has 0 saturated heterocycles. The highest BCUT2D eigenvalue weighted by Gasteiger charge is 2.15. The lowest BCUT2D eigenvalue weighted by molar-refractivity contribution is 0.0526. The van der Waals surface area contributed by atoms with Crippen LogP contribution in [0, 0.1) is 11.3 Å². The average Bonchev–Trinajstić information content (AvgIpc) is 2.29. The van der Waals surface area contributed by atoms with Crippen LogP contribution in [0.4, 0.5) is 0 Å². The fourth-order valence-electron chi connectivity index (χ4n) is 1.24. The number of hydrogen-bond donors (Lipinski definition) is 1. The number of carbonyl (C=O) groups is 1. The molecule has 0 unspecified atom stereocenters. The highest BCUT2D eigenvalue weighted by molar-refractivity contribution is 9.10. The summed E-state index contributed by atoms with van der Waals surface area (Å²) in [5, 5.41) is 8.93. The Morgan fingerprint density at radius 2 is 2.31 bits per heavy atom. The number of carbonyl (C=O) groups excluding carboxylic acids is 1. The van der Waals surface area contributed by atoms with E-state index in [1.807, 2.05) is 6.07 Å². The zero-order chi connectivity index (χ0) is 12.1. The molecule has 0 atom stereocenters. The van der Waals surface area contributed by atoms with Gasteiger partial charge in [0.05, 0.1) is 17.7 Å². The van der Waals surface area contributed by atoms with E-state index < -0.39 is 5.97 Å². The standard InChI is InChI=1S/C11H11BrN2O2/c1-2-16-11(15)9-4-10(12)8(6-14)3-7(9)5-13/h3-4H,2,6,14H2,1H3. The van der Waals surface area contributed by atoms with E-state index in [1.54, 1.807) is 19.1 Å². The molecule has 0 bridgehead atoms. The van der Waals surface area contributed by atoms with Gasteiger partial charge >= 0.3 is 5.97 Å². The number of benzene rings is 1. The molecule has 0 heterocycles. The predicted octanol–water partition coefficient (Wildman–Crippen LogP) is 1.96. The second kappa shape index (κ2) is 5.64. The van der Waals surface area contributed by atoms with Crippen molar-refractivity contribution in [3.63, 3.8) is 0 Å². The summed E-state index contributed by atoms with van der Waals surface area (Å²) in [6, 6.07) is 5.12. The predicted molar refractivity (Wildman–Crippen MR) is 62.7 cm³/mol. The summed E-state index contributed by atoms with van der Waals surface area (Å²) in [4.78, 5) is 11.6. The van der Waals surface area contributed by atoms with Crippen molar-refractivity contribution in [3.8, 4) is 6.07 Å². The summed E-state index contributed by atoms with van der Waals surface area (Å²) in [6.07, 6.45) is 0. The van der Waals surface area contributed by atoms with Crippen LogP contribution in [0.25, 0.3) is 0 Å². The quantitative estimate of drug-likeness (QED) is 0.860. The maximum Gasteiger partial charge on any atom is 0.339 e. The Morgan fingerprint density at radius 3 is 2.81 bits per heavy atom. The zero-order valence-corrected chi connectivity index (χ0v) is 10.4. The summed E-state index contributed by atoms with van der Waals surface area (Å²) in [5.74, 6) is -0.497. The summed E-state index contributed by atoms with van der Waals surface area (Å²) in [5.41, 5.74) is 6.82. The van der Waals surface area contributed by atoms with Gasteiger partial charge in [0.15, 0.2) is 0 Å². The minimum atomic E-state index is -0.497. The minimum Gasteiger partial charge on any atom is -0.462 e. The molecule has 0 aromatic heterocycles. The van der Waals surface area contributed by atoms with Gasteiger partial charge in [0.25, 0.3) is 0 Å². The molecule has 0 aliphatic rings. The van der Waals surface area contributed by atoms with Gasteiger partial charge in [0.2, 0.25) is 0 Å². The fraction of sp³-hybridized carbons (Fsp3) is 0.273. The molecular weight excluding hydrogens is 272 g/mol. The summed E-state index contributed by atoms with van der Waals surface area (Å²) >= 11 is 3.29. The van der Waals surface area contributed by atoms with Crippen molar-refractivity contribution < 1.29 is 9.53 Å². The Balaban J connectivity index is 3.24. The Hall–Kier alpha value is -1.38.